The summed E-state index contributed by atoms with van der Waals surface area (Å²) in [5.74, 6) is 0.865. The fourth-order valence-electron chi connectivity index (χ4n) is 6.32. The highest BCUT2D eigenvalue weighted by molar-refractivity contribution is 6.01. The van der Waals surface area contributed by atoms with Crippen molar-refractivity contribution in [1.82, 2.24) is 20.2 Å². The minimum atomic E-state index is -3.71. The third-order valence-electron chi connectivity index (χ3n) is 8.96. The van der Waals surface area contributed by atoms with E-state index in [9.17, 15) is 18.4 Å². The third-order valence-corrected chi connectivity index (χ3v) is 8.96. The predicted molar refractivity (Wildman–Crippen MR) is 178 cm³/mol. The highest BCUT2D eigenvalue weighted by Gasteiger charge is 2.43. The lowest BCUT2D eigenvalue weighted by atomic mass is 9.97. The monoisotopic (exact) mass is 679 g/mol. The molecule has 1 aliphatic carbocycles. The Hall–Kier alpha value is -4.52. The number of piperidine rings is 1. The number of carbonyl (C=O) groups is 2. The zero-order valence-electron chi connectivity index (χ0n) is 28.0. The topological polar surface area (TPSA) is 115 Å². The molecule has 0 radical (unpaired) electrons. The number of alkyl halides is 2. The van der Waals surface area contributed by atoms with Gasteiger partial charge in [0.25, 0.3) is 5.91 Å². The summed E-state index contributed by atoms with van der Waals surface area (Å²) in [7, 11) is 0. The number of amides is 2. The van der Waals surface area contributed by atoms with Gasteiger partial charge in [0, 0.05) is 37.7 Å². The number of carbonyl (C=O) groups excluding carboxylic acids is 2. The van der Waals surface area contributed by atoms with Gasteiger partial charge in [-0.15, -0.1) is 8.78 Å². The van der Waals surface area contributed by atoms with E-state index in [1.807, 2.05) is 13.8 Å². The molecule has 2 amide bonds. The van der Waals surface area contributed by atoms with E-state index in [1.54, 1.807) is 35.2 Å². The summed E-state index contributed by atoms with van der Waals surface area (Å²) in [5, 5.41) is 3.17. The van der Waals surface area contributed by atoms with Crippen LogP contribution in [0, 0.1) is 5.92 Å². The molecule has 1 saturated carbocycles. The van der Waals surface area contributed by atoms with Gasteiger partial charge in [-0.2, -0.15) is 9.97 Å². The van der Waals surface area contributed by atoms with Crippen molar-refractivity contribution < 1.29 is 37.3 Å². The van der Waals surface area contributed by atoms with Crippen molar-refractivity contribution in [2.45, 2.75) is 71.1 Å². The standard InChI is InChI=1S/C36H43F2N5O6/c1-3-46-34-32(35(47-4-2)40-23-39-34)43(31(44)21-24-11-12-24)18-8-7-17-42-19-15-26(16-20-42)41-33(45)28-10-6-5-9-27(28)25-13-14-29-30(22-25)49-36(37,38)48-29/h5-6,9-10,13-14,22-24,26H,3-4,7-8,11-12,15-21H2,1-2H3,(H,41,45). The fraction of sp³-hybridized carbons (Fsp3) is 0.500. The number of anilines is 1. The van der Waals surface area contributed by atoms with Crippen molar-refractivity contribution in [3.63, 3.8) is 0 Å². The summed E-state index contributed by atoms with van der Waals surface area (Å²) in [5.41, 5.74) is 2.17. The van der Waals surface area contributed by atoms with E-state index in [1.165, 1.54) is 18.5 Å². The number of halogens is 2. The number of hydrogen-bond acceptors (Lipinski definition) is 9. The maximum Gasteiger partial charge on any atom is 0.586 e. The number of likely N-dealkylation sites (tertiary alicyclic amines) is 1. The van der Waals surface area contributed by atoms with Crippen LogP contribution in [-0.4, -0.2) is 78.4 Å². The Bertz CT molecular complexity index is 1600. The molecule has 2 aromatic carbocycles. The second-order valence-electron chi connectivity index (χ2n) is 12.6. The van der Waals surface area contributed by atoms with Crippen molar-refractivity contribution in [3.8, 4) is 34.4 Å². The van der Waals surface area contributed by atoms with Crippen LogP contribution in [0.1, 0.15) is 69.2 Å². The van der Waals surface area contributed by atoms with Gasteiger partial charge >= 0.3 is 6.29 Å². The molecule has 3 aliphatic rings. The van der Waals surface area contributed by atoms with Gasteiger partial charge in [0.2, 0.25) is 17.7 Å². The minimum Gasteiger partial charge on any atom is -0.476 e. The van der Waals surface area contributed by atoms with Crippen LogP contribution in [0.3, 0.4) is 0 Å². The first-order chi connectivity index (χ1) is 23.7. The average molecular weight is 680 g/mol. The number of nitrogens with zero attached hydrogens (tertiary/aromatic N) is 4. The Labute approximate surface area is 284 Å². The molecule has 3 aromatic rings. The number of unbranched alkanes of at least 4 members (excludes halogenated alkanes) is 1. The van der Waals surface area contributed by atoms with E-state index in [4.69, 9.17) is 9.47 Å². The molecule has 0 unspecified atom stereocenters. The normalized spacial score (nSPS) is 17.1. The molecule has 13 heteroatoms. The molecular weight excluding hydrogens is 636 g/mol. The van der Waals surface area contributed by atoms with E-state index < -0.39 is 6.29 Å². The highest BCUT2D eigenvalue weighted by Crippen LogP contribution is 2.43. The van der Waals surface area contributed by atoms with E-state index in [-0.39, 0.29) is 29.4 Å². The number of nitrogens with one attached hydrogen (secondary N) is 1. The average Bonchev–Trinajstić information content (AvgIpc) is 3.84. The van der Waals surface area contributed by atoms with Gasteiger partial charge in [0.1, 0.15) is 6.33 Å². The smallest absolute Gasteiger partial charge is 0.476 e. The van der Waals surface area contributed by atoms with Crippen LogP contribution >= 0.6 is 0 Å². The van der Waals surface area contributed by atoms with Crippen LogP contribution in [0.2, 0.25) is 0 Å². The third kappa shape index (κ3) is 8.56. The molecule has 6 rings (SSSR count). The molecule has 0 atom stereocenters. The number of hydrogen-bond donors (Lipinski definition) is 1. The van der Waals surface area contributed by atoms with E-state index >= 15 is 0 Å². The number of benzene rings is 2. The van der Waals surface area contributed by atoms with Crippen LogP contribution in [0.25, 0.3) is 11.1 Å². The lowest BCUT2D eigenvalue weighted by molar-refractivity contribution is -0.286. The minimum absolute atomic E-state index is 0.00911. The predicted octanol–water partition coefficient (Wildman–Crippen LogP) is 6.07. The SMILES string of the molecule is CCOc1ncnc(OCC)c1N(CCCCN1CCC(NC(=O)c2ccccc2-c2ccc3c(c2)OC(F)(F)O3)CC1)C(=O)CC1CC1. The molecule has 0 bridgehead atoms. The molecule has 2 fully saturated rings. The first-order valence-corrected chi connectivity index (χ1v) is 17.2. The zero-order valence-corrected chi connectivity index (χ0v) is 28.0. The molecular formula is C36H43F2N5O6. The highest BCUT2D eigenvalue weighted by atomic mass is 19.3. The molecule has 2 aliphatic heterocycles. The zero-order chi connectivity index (χ0) is 34.4. The van der Waals surface area contributed by atoms with Gasteiger partial charge in [-0.05, 0) is 94.2 Å². The Kier molecular flexibility index (Phi) is 10.8. The number of fused-ring (bicyclic) bond motifs is 1. The van der Waals surface area contributed by atoms with Crippen molar-refractivity contribution >= 4 is 17.5 Å². The van der Waals surface area contributed by atoms with Crippen molar-refractivity contribution in [2.75, 3.05) is 44.3 Å². The lowest BCUT2D eigenvalue weighted by Gasteiger charge is -2.32. The molecule has 262 valence electrons. The first-order valence-electron chi connectivity index (χ1n) is 17.2. The fourth-order valence-corrected chi connectivity index (χ4v) is 6.32. The molecule has 49 heavy (non-hydrogen) atoms. The molecule has 11 nitrogen and oxygen atoms in total. The summed E-state index contributed by atoms with van der Waals surface area (Å²) >= 11 is 0. The van der Waals surface area contributed by atoms with Crippen molar-refractivity contribution in [2.24, 2.45) is 5.92 Å². The Morgan fingerprint density at radius 2 is 1.65 bits per heavy atom. The maximum absolute atomic E-state index is 13.6. The van der Waals surface area contributed by atoms with Crippen LogP contribution in [0.4, 0.5) is 14.5 Å². The van der Waals surface area contributed by atoms with Crippen LogP contribution in [0.15, 0.2) is 48.8 Å². The van der Waals surface area contributed by atoms with Gasteiger partial charge < -0.3 is 34.1 Å². The Balaban J connectivity index is 1.01. The van der Waals surface area contributed by atoms with E-state index in [0.29, 0.717) is 66.2 Å². The number of ether oxygens (including phenoxy) is 4. The molecule has 1 saturated heterocycles. The summed E-state index contributed by atoms with van der Waals surface area (Å²) in [4.78, 5) is 39.7. The molecule has 1 aromatic heterocycles. The van der Waals surface area contributed by atoms with E-state index in [2.05, 4.69) is 29.7 Å². The summed E-state index contributed by atoms with van der Waals surface area (Å²) in [6, 6.07) is 11.6. The Morgan fingerprint density at radius 1 is 0.959 bits per heavy atom. The van der Waals surface area contributed by atoms with Crippen molar-refractivity contribution in [1.29, 1.82) is 0 Å². The lowest BCUT2D eigenvalue weighted by Crippen LogP contribution is -2.45. The number of rotatable bonds is 15. The quantitative estimate of drug-likeness (QED) is 0.191. The number of aromatic nitrogens is 2. The second kappa shape index (κ2) is 15.4. The van der Waals surface area contributed by atoms with Gasteiger partial charge in [-0.3, -0.25) is 9.59 Å². The van der Waals surface area contributed by atoms with Gasteiger partial charge in [0.15, 0.2) is 17.2 Å². The van der Waals surface area contributed by atoms with Crippen LogP contribution in [0.5, 0.6) is 23.3 Å². The second-order valence-corrected chi connectivity index (χ2v) is 12.6. The first kappa shape index (κ1) is 34.3. The summed E-state index contributed by atoms with van der Waals surface area (Å²) in [6.45, 7) is 7.64. The summed E-state index contributed by atoms with van der Waals surface area (Å²) < 4.78 is 47.8. The molecule has 0 spiro atoms. The largest absolute Gasteiger partial charge is 0.586 e. The van der Waals surface area contributed by atoms with E-state index in [0.717, 1.165) is 58.2 Å². The maximum atomic E-state index is 13.6. The van der Waals surface area contributed by atoms with Crippen molar-refractivity contribution in [3.05, 3.63) is 54.4 Å². The van der Waals surface area contributed by atoms with Crippen LogP contribution < -0.4 is 29.2 Å². The summed E-state index contributed by atoms with van der Waals surface area (Å²) in [6.07, 6.45) is 3.62. The van der Waals surface area contributed by atoms with Crippen LogP contribution in [-0.2, 0) is 4.79 Å². The molecule has 1 N–H and O–H groups in total. The van der Waals surface area contributed by atoms with Gasteiger partial charge in [-0.25, -0.2) is 0 Å². The molecule has 3 heterocycles. The van der Waals surface area contributed by atoms with Gasteiger partial charge in [0.05, 0.1) is 13.2 Å². The Morgan fingerprint density at radius 3 is 2.35 bits per heavy atom. The van der Waals surface area contributed by atoms with Gasteiger partial charge in [-0.1, -0.05) is 24.3 Å².